The number of halogens is 1. The van der Waals surface area contributed by atoms with Crippen molar-refractivity contribution in [1.82, 2.24) is 4.90 Å². The molecule has 1 saturated carbocycles. The number of morpholine rings is 1. The molecule has 1 aromatic rings. The Labute approximate surface area is 160 Å². The van der Waals surface area contributed by atoms with Gasteiger partial charge in [0, 0.05) is 29.9 Å². The number of nitrogens with two attached hydrogens (primary N) is 1. The predicted octanol–water partition coefficient (Wildman–Crippen LogP) is 2.43. The Balaban J connectivity index is 0.00000243. The molecule has 1 aliphatic carbocycles. The number of nitrogens with one attached hydrogen (secondary N) is 1. The quantitative estimate of drug-likeness (QED) is 0.842. The molecule has 0 radical (unpaired) electrons. The van der Waals surface area contributed by atoms with Gasteiger partial charge in [-0.1, -0.05) is 12.8 Å². The van der Waals surface area contributed by atoms with Gasteiger partial charge in [0.2, 0.25) is 5.91 Å². The highest BCUT2D eigenvalue weighted by Crippen LogP contribution is 2.32. The number of rotatable bonds is 3. The molecule has 1 saturated heterocycles. The highest BCUT2D eigenvalue weighted by atomic mass is 35.5. The SMILES string of the molecule is CC1(N)CCCCC1C(=O)Nc1ccc(C(=O)N2CCOCC2)cc1.Cl. The molecule has 6 nitrogen and oxygen atoms in total. The number of carbonyl (C=O) groups excluding carboxylic acids is 2. The fourth-order valence-corrected chi connectivity index (χ4v) is 3.66. The summed E-state index contributed by atoms with van der Waals surface area (Å²) >= 11 is 0. The molecule has 3 rings (SSSR count). The van der Waals surface area contributed by atoms with E-state index in [-0.39, 0.29) is 30.1 Å². The fourth-order valence-electron chi connectivity index (χ4n) is 3.66. The molecule has 144 valence electrons. The second kappa shape index (κ2) is 8.84. The number of ether oxygens (including phenoxy) is 1. The molecule has 1 aromatic carbocycles. The van der Waals surface area contributed by atoms with Gasteiger partial charge in [-0.2, -0.15) is 0 Å². The molecule has 26 heavy (non-hydrogen) atoms. The highest BCUT2D eigenvalue weighted by Gasteiger charge is 2.37. The molecule has 0 bridgehead atoms. The number of hydrogen-bond acceptors (Lipinski definition) is 4. The third-order valence-electron chi connectivity index (χ3n) is 5.27. The maximum atomic E-state index is 12.6. The van der Waals surface area contributed by atoms with E-state index in [1.54, 1.807) is 29.2 Å². The van der Waals surface area contributed by atoms with Crippen LogP contribution in [0.3, 0.4) is 0 Å². The van der Waals surface area contributed by atoms with Gasteiger partial charge >= 0.3 is 0 Å². The minimum Gasteiger partial charge on any atom is -0.378 e. The summed E-state index contributed by atoms with van der Waals surface area (Å²) in [5.41, 5.74) is 7.18. The normalized spacial score (nSPS) is 25.9. The largest absolute Gasteiger partial charge is 0.378 e. The first-order valence-corrected chi connectivity index (χ1v) is 9.04. The van der Waals surface area contributed by atoms with Gasteiger partial charge < -0.3 is 20.7 Å². The minimum absolute atomic E-state index is 0. The van der Waals surface area contributed by atoms with Gasteiger partial charge in [-0.15, -0.1) is 12.4 Å². The van der Waals surface area contributed by atoms with E-state index >= 15 is 0 Å². The van der Waals surface area contributed by atoms with Crippen LogP contribution in [0.5, 0.6) is 0 Å². The van der Waals surface area contributed by atoms with Gasteiger partial charge in [-0.25, -0.2) is 0 Å². The zero-order valence-electron chi connectivity index (χ0n) is 15.2. The van der Waals surface area contributed by atoms with Crippen LogP contribution in [0.2, 0.25) is 0 Å². The molecule has 3 N–H and O–H groups in total. The molecule has 2 aliphatic rings. The predicted molar refractivity (Wildman–Crippen MR) is 104 cm³/mol. The Morgan fingerprint density at radius 2 is 1.85 bits per heavy atom. The lowest BCUT2D eigenvalue weighted by atomic mass is 9.74. The van der Waals surface area contributed by atoms with E-state index in [0.29, 0.717) is 37.6 Å². The van der Waals surface area contributed by atoms with Gasteiger partial charge in [-0.3, -0.25) is 9.59 Å². The Morgan fingerprint density at radius 3 is 2.46 bits per heavy atom. The maximum Gasteiger partial charge on any atom is 0.254 e. The first-order chi connectivity index (χ1) is 12.0. The van der Waals surface area contributed by atoms with E-state index in [9.17, 15) is 9.59 Å². The molecule has 7 heteroatoms. The van der Waals surface area contributed by atoms with Crippen LogP contribution in [-0.2, 0) is 9.53 Å². The minimum atomic E-state index is -0.450. The molecular formula is C19H28ClN3O3. The lowest BCUT2D eigenvalue weighted by Gasteiger charge is -2.37. The lowest BCUT2D eigenvalue weighted by molar-refractivity contribution is -0.122. The summed E-state index contributed by atoms with van der Waals surface area (Å²) in [5, 5.41) is 2.95. The average molecular weight is 382 g/mol. The number of hydrogen-bond donors (Lipinski definition) is 2. The third kappa shape index (κ3) is 4.75. The van der Waals surface area contributed by atoms with E-state index in [4.69, 9.17) is 10.5 Å². The van der Waals surface area contributed by atoms with Gasteiger partial charge in [0.25, 0.3) is 5.91 Å². The smallest absolute Gasteiger partial charge is 0.254 e. The summed E-state index contributed by atoms with van der Waals surface area (Å²) in [4.78, 5) is 26.8. The van der Waals surface area contributed by atoms with Crippen molar-refractivity contribution in [2.24, 2.45) is 11.7 Å². The van der Waals surface area contributed by atoms with Crippen LogP contribution >= 0.6 is 12.4 Å². The Kier molecular flexibility index (Phi) is 7.03. The van der Waals surface area contributed by atoms with Gasteiger partial charge in [0.05, 0.1) is 19.1 Å². The van der Waals surface area contributed by atoms with Crippen LogP contribution in [0.15, 0.2) is 24.3 Å². The second-order valence-electron chi connectivity index (χ2n) is 7.28. The number of nitrogens with zero attached hydrogens (tertiary/aromatic N) is 1. The second-order valence-corrected chi connectivity index (χ2v) is 7.28. The number of carbonyl (C=O) groups is 2. The topological polar surface area (TPSA) is 84.7 Å². The molecule has 2 atom stereocenters. The summed E-state index contributed by atoms with van der Waals surface area (Å²) < 4.78 is 5.27. The van der Waals surface area contributed by atoms with Crippen molar-refractivity contribution in [3.05, 3.63) is 29.8 Å². The Morgan fingerprint density at radius 1 is 1.19 bits per heavy atom. The first-order valence-electron chi connectivity index (χ1n) is 9.04. The summed E-state index contributed by atoms with van der Waals surface area (Å²) in [7, 11) is 0. The molecule has 1 aliphatic heterocycles. The van der Waals surface area contributed by atoms with Gasteiger partial charge in [-0.05, 0) is 44.0 Å². The van der Waals surface area contributed by atoms with Crippen molar-refractivity contribution in [2.45, 2.75) is 38.1 Å². The van der Waals surface area contributed by atoms with E-state index < -0.39 is 5.54 Å². The third-order valence-corrected chi connectivity index (χ3v) is 5.27. The zero-order chi connectivity index (χ0) is 17.9. The van der Waals surface area contributed by atoms with Crippen LogP contribution in [0.1, 0.15) is 43.0 Å². The summed E-state index contributed by atoms with van der Waals surface area (Å²) in [6.07, 6.45) is 3.82. The van der Waals surface area contributed by atoms with Crippen molar-refractivity contribution >= 4 is 29.9 Å². The molecule has 2 unspecified atom stereocenters. The van der Waals surface area contributed by atoms with E-state index in [1.807, 2.05) is 6.92 Å². The molecule has 2 amide bonds. The number of amides is 2. The van der Waals surface area contributed by atoms with Crippen LogP contribution in [0.25, 0.3) is 0 Å². The van der Waals surface area contributed by atoms with Crippen molar-refractivity contribution in [2.75, 3.05) is 31.6 Å². The Hall–Kier alpha value is -1.63. The number of anilines is 1. The van der Waals surface area contributed by atoms with Crippen LogP contribution < -0.4 is 11.1 Å². The van der Waals surface area contributed by atoms with Crippen molar-refractivity contribution in [3.63, 3.8) is 0 Å². The van der Waals surface area contributed by atoms with Crippen molar-refractivity contribution in [1.29, 1.82) is 0 Å². The molecule has 1 heterocycles. The highest BCUT2D eigenvalue weighted by molar-refractivity contribution is 5.96. The summed E-state index contributed by atoms with van der Waals surface area (Å²) in [5.74, 6) is -0.198. The van der Waals surface area contributed by atoms with E-state index in [2.05, 4.69) is 5.32 Å². The maximum absolute atomic E-state index is 12.6. The summed E-state index contributed by atoms with van der Waals surface area (Å²) in [6, 6.07) is 7.08. The Bertz CT molecular complexity index is 627. The fraction of sp³-hybridized carbons (Fsp3) is 0.579. The lowest BCUT2D eigenvalue weighted by Crippen LogP contribution is -2.51. The molecule has 0 spiro atoms. The average Bonchev–Trinajstić information content (AvgIpc) is 2.62. The van der Waals surface area contributed by atoms with E-state index in [1.165, 1.54) is 0 Å². The first kappa shape index (κ1) is 20.7. The summed E-state index contributed by atoms with van der Waals surface area (Å²) in [6.45, 7) is 4.36. The van der Waals surface area contributed by atoms with Crippen molar-refractivity contribution < 1.29 is 14.3 Å². The van der Waals surface area contributed by atoms with Gasteiger partial charge in [0.1, 0.15) is 0 Å². The van der Waals surface area contributed by atoms with Gasteiger partial charge in [0.15, 0.2) is 0 Å². The monoisotopic (exact) mass is 381 g/mol. The zero-order valence-corrected chi connectivity index (χ0v) is 16.0. The standard InChI is InChI=1S/C19H27N3O3.ClH/c1-19(20)9-3-2-4-16(19)17(23)21-15-7-5-14(6-8-15)18(24)22-10-12-25-13-11-22;/h5-8,16H,2-4,9-13,20H2,1H3,(H,21,23);1H. The van der Waals surface area contributed by atoms with Crippen LogP contribution in [-0.4, -0.2) is 48.6 Å². The molecule has 2 fully saturated rings. The molecule has 0 aromatic heterocycles. The van der Waals surface area contributed by atoms with Crippen molar-refractivity contribution in [3.8, 4) is 0 Å². The molecular weight excluding hydrogens is 354 g/mol. The van der Waals surface area contributed by atoms with E-state index in [0.717, 1.165) is 25.7 Å². The number of benzene rings is 1. The van der Waals surface area contributed by atoms with Crippen LogP contribution in [0.4, 0.5) is 5.69 Å². The van der Waals surface area contributed by atoms with Crippen LogP contribution in [0, 0.1) is 5.92 Å².